The molecule has 0 aromatic heterocycles. The highest BCUT2D eigenvalue weighted by Gasteiger charge is 2.13. The Morgan fingerprint density at radius 1 is 1.36 bits per heavy atom. The number of carboxylic acid groups (broad SMARTS) is 1. The van der Waals surface area contributed by atoms with Gasteiger partial charge in [-0.05, 0) is 6.42 Å². The minimum Gasteiger partial charge on any atom is -0.481 e. The molecule has 61 valence electrons. The highest BCUT2D eigenvalue weighted by molar-refractivity contribution is 6.08. The van der Waals surface area contributed by atoms with Crippen LogP contribution in [0, 0.1) is 0 Å². The van der Waals surface area contributed by atoms with Crippen LogP contribution < -0.4 is 0 Å². The highest BCUT2D eigenvalue weighted by atomic mass is 24.4. The van der Waals surface area contributed by atoms with E-state index in [2.05, 4.69) is 13.8 Å². The number of hydrogen-bond acceptors (Lipinski definition) is 1. The number of aliphatic carboxylic acids is 1. The zero-order chi connectivity index (χ0) is 9.11. The first-order valence-electron chi connectivity index (χ1n) is 4.20. The monoisotopic (exact) mass is 169 g/mol. The topological polar surface area (TPSA) is 37.3 Å². The Morgan fingerprint density at radius 2 is 1.82 bits per heavy atom. The second kappa shape index (κ2) is 12.9. The summed E-state index contributed by atoms with van der Waals surface area (Å²) in [5.74, 6) is -0.682. The summed E-state index contributed by atoms with van der Waals surface area (Å²) in [5.41, 5.74) is 0. The lowest BCUT2D eigenvalue weighted by atomic mass is 10.2. The number of unbranched alkanes of at least 4 members (excludes halogenated alkanes) is 2. The van der Waals surface area contributed by atoms with Gasteiger partial charge in [-0.3, -0.25) is 4.79 Å². The molecule has 0 aromatic rings. The molecule has 7 radical (unpaired) electrons. The zero-order valence-corrected chi connectivity index (χ0v) is 9.01. The molecule has 0 aromatic carbocycles. The van der Waals surface area contributed by atoms with Crippen LogP contribution in [0.5, 0.6) is 0 Å². The van der Waals surface area contributed by atoms with E-state index < -0.39 is 5.97 Å². The summed E-state index contributed by atoms with van der Waals surface area (Å²) in [5, 5.41) is 8.14. The van der Waals surface area contributed by atoms with Gasteiger partial charge in [0.25, 0.3) is 4.55 Å². The lowest BCUT2D eigenvalue weighted by Crippen LogP contribution is -1.92. The summed E-state index contributed by atoms with van der Waals surface area (Å²) >= 11 is 1.97. The largest absolute Gasteiger partial charge is 1.41 e. The molecule has 0 heterocycles. The molecule has 0 bridgehead atoms. The summed E-state index contributed by atoms with van der Waals surface area (Å²) in [6, 6.07) is 0. The van der Waals surface area contributed by atoms with Crippen LogP contribution in [0.1, 0.15) is 39.5 Å². The van der Waals surface area contributed by atoms with Gasteiger partial charge in [0, 0.05) is 13.3 Å². The first kappa shape index (κ1) is 13.8. The van der Waals surface area contributed by atoms with Crippen molar-refractivity contribution in [2.45, 2.75) is 44.1 Å². The minimum absolute atomic E-state index is 0.327. The van der Waals surface area contributed by atoms with Gasteiger partial charge in [0.05, 0.1) is 0 Å². The number of carboxylic acids is 1. The maximum absolute atomic E-state index is 9.87. The van der Waals surface area contributed by atoms with Crippen molar-refractivity contribution in [1.29, 1.82) is 0 Å². The third kappa shape index (κ3) is 25.3. The molecule has 2 nitrogen and oxygen atoms in total. The van der Waals surface area contributed by atoms with Gasteiger partial charge in [0.15, 0.2) is 0 Å². The molecule has 0 aliphatic heterocycles. The molecule has 0 spiro atoms. The van der Waals surface area contributed by atoms with Gasteiger partial charge in [-0.15, -0.1) is 0 Å². The summed E-state index contributed by atoms with van der Waals surface area (Å²) in [6.45, 7) is 4.19. The van der Waals surface area contributed by atoms with Crippen molar-refractivity contribution in [3.63, 3.8) is 0 Å². The van der Waals surface area contributed by atoms with Gasteiger partial charge in [0.1, 0.15) is 0 Å². The Labute approximate surface area is 81.8 Å². The van der Waals surface area contributed by atoms with E-state index in [1.165, 1.54) is 4.55 Å². The summed E-state index contributed by atoms with van der Waals surface area (Å²) in [4.78, 5) is 9.87. The van der Waals surface area contributed by atoms with E-state index in [1.54, 1.807) is 0 Å². The van der Waals surface area contributed by atoms with Crippen molar-refractivity contribution in [3.8, 4) is 0 Å². The predicted molar refractivity (Wildman–Crippen MR) is 48.0 cm³/mol. The van der Waals surface area contributed by atoms with Crippen molar-refractivity contribution in [3.05, 3.63) is 0 Å². The smallest absolute Gasteiger partial charge is 0.481 e. The Balaban J connectivity index is 0. The Bertz CT molecular complexity index is 84.2. The molecule has 0 saturated heterocycles. The molecular formula is C8H17MgO2+2. The predicted octanol–water partition coefficient (Wildman–Crippen LogP) is 2.24. The van der Waals surface area contributed by atoms with E-state index in [4.69, 9.17) is 5.11 Å². The lowest BCUT2D eigenvalue weighted by Gasteiger charge is -1.89. The fourth-order valence-electron chi connectivity index (χ4n) is 0.526. The van der Waals surface area contributed by atoms with Crippen LogP contribution in [0.4, 0.5) is 0 Å². The van der Waals surface area contributed by atoms with E-state index in [0.717, 1.165) is 19.3 Å². The van der Waals surface area contributed by atoms with Gasteiger partial charge in [0.2, 0.25) is 0 Å². The molecule has 0 fully saturated rings. The van der Waals surface area contributed by atoms with E-state index in [-0.39, 0.29) is 0 Å². The van der Waals surface area contributed by atoms with Crippen LogP contribution in [0.2, 0.25) is 4.55 Å². The van der Waals surface area contributed by atoms with Crippen LogP contribution in [-0.4, -0.2) is 32.8 Å². The molecular weight excluding hydrogens is 152 g/mol. The fraction of sp³-hybridized carbons (Fsp3) is 0.875. The number of carbonyl (C=O) groups is 1. The normalized spacial score (nSPS) is 8.27. The van der Waals surface area contributed by atoms with Gasteiger partial charge >= 0.3 is 27.7 Å². The van der Waals surface area contributed by atoms with Crippen molar-refractivity contribution < 1.29 is 9.90 Å². The zero-order valence-electron chi connectivity index (χ0n) is 7.60. The van der Waals surface area contributed by atoms with E-state index >= 15 is 0 Å². The summed E-state index contributed by atoms with van der Waals surface area (Å²) in [7, 11) is 0. The molecule has 0 aliphatic carbocycles. The Kier molecular flexibility index (Phi) is 16.2. The van der Waals surface area contributed by atoms with Crippen molar-refractivity contribution in [1.82, 2.24) is 0 Å². The molecule has 3 heteroatoms. The summed E-state index contributed by atoms with van der Waals surface area (Å²) < 4.78 is 1.28. The average molecular weight is 170 g/mol. The minimum atomic E-state index is -0.682. The van der Waals surface area contributed by atoms with Crippen molar-refractivity contribution in [2.24, 2.45) is 0 Å². The second-order valence-corrected chi connectivity index (χ2v) is 3.35. The lowest BCUT2D eigenvalue weighted by molar-refractivity contribution is -0.137. The van der Waals surface area contributed by atoms with Crippen LogP contribution in [0.15, 0.2) is 0 Å². The second-order valence-electron chi connectivity index (χ2n) is 2.35. The fourth-order valence-corrected chi connectivity index (χ4v) is 0.526. The molecule has 0 amide bonds. The molecule has 11 heavy (non-hydrogen) atoms. The first-order valence-corrected chi connectivity index (χ1v) is 5.20. The number of rotatable bonds is 4. The third-order valence-corrected chi connectivity index (χ3v) is 0.994. The Hall–Kier alpha value is 0.236. The van der Waals surface area contributed by atoms with Crippen LogP contribution in [0.3, 0.4) is 0 Å². The van der Waals surface area contributed by atoms with Crippen molar-refractivity contribution in [2.75, 3.05) is 0 Å². The SMILES string of the molecule is CCCCCC(=O)O.C[CH2][Mg+2]. The van der Waals surface area contributed by atoms with Crippen LogP contribution >= 0.6 is 0 Å². The van der Waals surface area contributed by atoms with E-state index in [9.17, 15) is 4.79 Å². The molecule has 0 atom stereocenters. The number of hydrogen-bond donors (Lipinski definition) is 1. The van der Waals surface area contributed by atoms with Crippen LogP contribution in [0.25, 0.3) is 0 Å². The molecule has 0 rings (SSSR count). The molecule has 0 unspecified atom stereocenters. The van der Waals surface area contributed by atoms with E-state index in [0.29, 0.717) is 6.42 Å². The molecule has 0 aliphatic rings. The maximum Gasteiger partial charge on any atom is 1.41 e. The maximum atomic E-state index is 9.87. The van der Waals surface area contributed by atoms with Gasteiger partial charge in [-0.25, -0.2) is 0 Å². The summed E-state index contributed by atoms with van der Waals surface area (Å²) in [6.07, 6.45) is 3.28. The quantitative estimate of drug-likeness (QED) is 0.518. The van der Waals surface area contributed by atoms with Gasteiger partial charge < -0.3 is 5.11 Å². The van der Waals surface area contributed by atoms with Gasteiger partial charge in [-0.2, -0.15) is 0 Å². The van der Waals surface area contributed by atoms with Crippen molar-refractivity contribution >= 4 is 27.7 Å². The molecule has 1 N–H and O–H groups in total. The van der Waals surface area contributed by atoms with Crippen LogP contribution in [-0.2, 0) is 4.79 Å². The Morgan fingerprint density at radius 3 is 2.09 bits per heavy atom. The third-order valence-electron chi connectivity index (χ3n) is 0.994. The first-order chi connectivity index (χ1) is 5.18. The standard InChI is InChI=1S/C6H12O2.C2H5.Mg/c1-2-3-4-5-6(7)8;1-2;/h2-5H2,1H3,(H,7,8);1H2,2H3;/q;;+2. The van der Waals surface area contributed by atoms with E-state index in [1.807, 2.05) is 21.7 Å². The highest BCUT2D eigenvalue weighted by Crippen LogP contribution is 1.97. The average Bonchev–Trinajstić information content (AvgIpc) is 1.89. The molecule has 0 saturated carbocycles. The van der Waals surface area contributed by atoms with Gasteiger partial charge in [-0.1, -0.05) is 19.8 Å².